The highest BCUT2D eigenvalue weighted by Gasteiger charge is 2.14. The topological polar surface area (TPSA) is 88.4 Å². The Morgan fingerprint density at radius 2 is 1.88 bits per heavy atom. The lowest BCUT2D eigenvalue weighted by Gasteiger charge is -2.02. The Balaban J connectivity index is 0.000000174. The van der Waals surface area contributed by atoms with E-state index < -0.39 is 4.92 Å². The molecular formula is C16H14Br2N2O4. The van der Waals surface area contributed by atoms with Crippen LogP contribution in [0.4, 0.5) is 5.69 Å². The number of aromatic nitrogens is 1. The number of nitro benzene ring substituents is 1. The van der Waals surface area contributed by atoms with Crippen molar-refractivity contribution >= 4 is 48.5 Å². The van der Waals surface area contributed by atoms with Gasteiger partial charge in [-0.05, 0) is 63.0 Å². The molecule has 1 aromatic heterocycles. The number of aromatic amines is 1. The Kier molecular flexibility index (Phi) is 5.84. The first-order valence-electron chi connectivity index (χ1n) is 6.78. The Morgan fingerprint density at radius 3 is 2.50 bits per heavy atom. The van der Waals surface area contributed by atoms with Crippen LogP contribution in [0.2, 0.25) is 0 Å². The third kappa shape index (κ3) is 3.70. The number of ether oxygens (including phenoxy) is 1. The van der Waals surface area contributed by atoms with Gasteiger partial charge in [0.15, 0.2) is 0 Å². The molecule has 8 heteroatoms. The molecule has 0 radical (unpaired) electrons. The van der Waals surface area contributed by atoms with Crippen molar-refractivity contribution in [1.82, 2.24) is 4.98 Å². The van der Waals surface area contributed by atoms with Crippen molar-refractivity contribution < 1.29 is 14.8 Å². The van der Waals surface area contributed by atoms with E-state index in [9.17, 15) is 10.1 Å². The standard InChI is InChI=1S/C9H8BrNO.C7H6BrNO3/c1-12-8-3-2-7-6(9(8)10)4-5-11-7;1-4-5(9(11)12)2-3-6(10)7(4)8/h2-5,11H,1H3;2-3,10H,1H3. The fourth-order valence-electron chi connectivity index (χ4n) is 2.09. The molecule has 0 bridgehead atoms. The maximum Gasteiger partial charge on any atom is 0.273 e. The molecule has 0 amide bonds. The number of halogens is 2. The van der Waals surface area contributed by atoms with Gasteiger partial charge in [-0.3, -0.25) is 10.1 Å². The molecule has 1 heterocycles. The number of hydrogen-bond acceptors (Lipinski definition) is 4. The highest BCUT2D eigenvalue weighted by atomic mass is 79.9. The molecule has 0 unspecified atom stereocenters. The number of methoxy groups -OCH3 is 1. The van der Waals surface area contributed by atoms with Crippen LogP contribution in [0.1, 0.15) is 5.56 Å². The van der Waals surface area contributed by atoms with Gasteiger partial charge in [-0.15, -0.1) is 0 Å². The normalized spacial score (nSPS) is 10.2. The van der Waals surface area contributed by atoms with E-state index in [0.29, 0.717) is 10.0 Å². The average Bonchev–Trinajstić information content (AvgIpc) is 3.03. The molecule has 0 spiro atoms. The monoisotopic (exact) mass is 456 g/mol. The summed E-state index contributed by atoms with van der Waals surface area (Å²) in [5, 5.41) is 20.7. The number of fused-ring (bicyclic) bond motifs is 1. The lowest BCUT2D eigenvalue weighted by Crippen LogP contribution is -1.91. The zero-order chi connectivity index (χ0) is 17.9. The fourth-order valence-corrected chi connectivity index (χ4v) is 3.07. The lowest BCUT2D eigenvalue weighted by atomic mass is 10.2. The van der Waals surface area contributed by atoms with E-state index in [1.807, 2.05) is 24.4 Å². The van der Waals surface area contributed by atoms with Gasteiger partial charge in [0.05, 0.1) is 21.0 Å². The number of aromatic hydroxyl groups is 1. The van der Waals surface area contributed by atoms with Crippen molar-refractivity contribution in [3.63, 3.8) is 0 Å². The van der Waals surface area contributed by atoms with Crippen LogP contribution in [0.15, 0.2) is 45.5 Å². The molecule has 2 aromatic carbocycles. The SMILES string of the molecule is COc1ccc2[nH]ccc2c1Br.Cc1c([N+](=O)[O-])ccc(O)c1Br. The number of phenolic OH excluding ortho intramolecular Hbond substituents is 1. The summed E-state index contributed by atoms with van der Waals surface area (Å²) in [6.07, 6.45) is 1.91. The molecule has 0 aliphatic carbocycles. The molecular weight excluding hydrogens is 444 g/mol. The third-order valence-electron chi connectivity index (χ3n) is 3.39. The first-order valence-corrected chi connectivity index (χ1v) is 8.37. The molecule has 0 saturated carbocycles. The molecule has 0 fully saturated rings. The number of benzene rings is 2. The Morgan fingerprint density at radius 1 is 1.17 bits per heavy atom. The number of nitrogens with zero attached hydrogens (tertiary/aromatic N) is 1. The summed E-state index contributed by atoms with van der Waals surface area (Å²) < 4.78 is 6.54. The quantitative estimate of drug-likeness (QED) is 0.403. The molecule has 126 valence electrons. The molecule has 2 N–H and O–H groups in total. The Hall–Kier alpha value is -2.06. The minimum atomic E-state index is -0.487. The van der Waals surface area contributed by atoms with Gasteiger partial charge < -0.3 is 14.8 Å². The number of nitro groups is 1. The summed E-state index contributed by atoms with van der Waals surface area (Å²) in [4.78, 5) is 13.0. The van der Waals surface area contributed by atoms with Crippen molar-refractivity contribution in [3.8, 4) is 11.5 Å². The van der Waals surface area contributed by atoms with Gasteiger partial charge in [0.2, 0.25) is 0 Å². The first-order chi connectivity index (χ1) is 11.4. The second-order valence-corrected chi connectivity index (χ2v) is 6.41. The van der Waals surface area contributed by atoms with E-state index in [4.69, 9.17) is 9.84 Å². The van der Waals surface area contributed by atoms with E-state index >= 15 is 0 Å². The second kappa shape index (κ2) is 7.67. The van der Waals surface area contributed by atoms with Crippen LogP contribution < -0.4 is 4.74 Å². The van der Waals surface area contributed by atoms with Crippen LogP contribution in [-0.2, 0) is 0 Å². The zero-order valence-electron chi connectivity index (χ0n) is 12.8. The van der Waals surface area contributed by atoms with Crippen LogP contribution in [0.3, 0.4) is 0 Å². The number of H-pyrrole nitrogens is 1. The molecule has 3 aromatic rings. The summed E-state index contributed by atoms with van der Waals surface area (Å²) in [5.41, 5.74) is 1.54. The van der Waals surface area contributed by atoms with Gasteiger partial charge >= 0.3 is 0 Å². The van der Waals surface area contributed by atoms with Crippen LogP contribution in [0, 0.1) is 17.0 Å². The van der Waals surface area contributed by atoms with E-state index in [-0.39, 0.29) is 11.4 Å². The van der Waals surface area contributed by atoms with Gasteiger partial charge in [-0.25, -0.2) is 0 Å². The predicted octanol–water partition coefficient (Wildman–Crippen LogP) is 5.31. The maximum atomic E-state index is 10.4. The molecule has 0 aliphatic heterocycles. The largest absolute Gasteiger partial charge is 0.507 e. The Labute approximate surface area is 154 Å². The van der Waals surface area contributed by atoms with E-state index in [1.165, 1.54) is 12.1 Å². The van der Waals surface area contributed by atoms with Gasteiger partial charge in [0, 0.05) is 28.7 Å². The van der Waals surface area contributed by atoms with Crippen molar-refractivity contribution in [3.05, 3.63) is 61.2 Å². The smallest absolute Gasteiger partial charge is 0.273 e. The molecule has 3 rings (SSSR count). The molecule has 0 atom stereocenters. The van der Waals surface area contributed by atoms with Crippen LogP contribution in [0.5, 0.6) is 11.5 Å². The number of rotatable bonds is 2. The third-order valence-corrected chi connectivity index (χ3v) is 5.21. The van der Waals surface area contributed by atoms with Crippen molar-refractivity contribution in [2.75, 3.05) is 7.11 Å². The highest BCUT2D eigenvalue weighted by molar-refractivity contribution is 9.11. The summed E-state index contributed by atoms with van der Waals surface area (Å²) in [6.45, 7) is 1.57. The maximum absolute atomic E-state index is 10.4. The first kappa shape index (κ1) is 18.3. The zero-order valence-corrected chi connectivity index (χ0v) is 16.0. The number of nitrogens with one attached hydrogen (secondary N) is 1. The average molecular weight is 458 g/mol. The van der Waals surface area contributed by atoms with Gasteiger partial charge in [0.1, 0.15) is 11.5 Å². The van der Waals surface area contributed by atoms with E-state index in [0.717, 1.165) is 21.1 Å². The van der Waals surface area contributed by atoms with Crippen molar-refractivity contribution in [1.29, 1.82) is 0 Å². The van der Waals surface area contributed by atoms with Crippen LogP contribution in [-0.4, -0.2) is 22.1 Å². The minimum Gasteiger partial charge on any atom is -0.507 e. The van der Waals surface area contributed by atoms with Gasteiger partial charge in [-0.1, -0.05) is 0 Å². The van der Waals surface area contributed by atoms with Crippen LogP contribution in [0.25, 0.3) is 10.9 Å². The summed E-state index contributed by atoms with van der Waals surface area (Å²) in [5.74, 6) is 0.875. The fraction of sp³-hybridized carbons (Fsp3) is 0.125. The van der Waals surface area contributed by atoms with E-state index in [2.05, 4.69) is 36.8 Å². The predicted molar refractivity (Wildman–Crippen MR) is 99.7 cm³/mol. The second-order valence-electron chi connectivity index (χ2n) is 4.82. The summed E-state index contributed by atoms with van der Waals surface area (Å²) in [6, 6.07) is 8.51. The number of hydrogen-bond donors (Lipinski definition) is 2. The minimum absolute atomic E-state index is 0.000301. The van der Waals surface area contributed by atoms with Gasteiger partial charge in [0.25, 0.3) is 5.69 Å². The molecule has 0 aliphatic rings. The number of phenols is 1. The molecule has 0 saturated heterocycles. The Bertz CT molecular complexity index is 893. The summed E-state index contributed by atoms with van der Waals surface area (Å²) in [7, 11) is 1.67. The summed E-state index contributed by atoms with van der Waals surface area (Å²) >= 11 is 6.52. The van der Waals surface area contributed by atoms with E-state index in [1.54, 1.807) is 14.0 Å². The molecule has 6 nitrogen and oxygen atoms in total. The van der Waals surface area contributed by atoms with Crippen LogP contribution >= 0.6 is 31.9 Å². The molecule has 24 heavy (non-hydrogen) atoms. The highest BCUT2D eigenvalue weighted by Crippen LogP contribution is 2.33. The lowest BCUT2D eigenvalue weighted by molar-refractivity contribution is -0.385. The van der Waals surface area contributed by atoms with Crippen molar-refractivity contribution in [2.45, 2.75) is 6.92 Å². The van der Waals surface area contributed by atoms with Crippen molar-refractivity contribution in [2.24, 2.45) is 0 Å². The van der Waals surface area contributed by atoms with Gasteiger partial charge in [-0.2, -0.15) is 0 Å².